The van der Waals surface area contributed by atoms with E-state index in [1.54, 1.807) is 14.2 Å². The van der Waals surface area contributed by atoms with Crippen molar-refractivity contribution in [1.82, 2.24) is 4.90 Å². The van der Waals surface area contributed by atoms with Crippen LogP contribution in [0, 0.1) is 17.8 Å². The zero-order valence-electron chi connectivity index (χ0n) is 21.1. The molecule has 0 N–H and O–H groups in total. The average molecular weight is 450 g/mol. The fraction of sp³-hybridized carbons (Fsp3) is 0.731. The molecule has 1 saturated heterocycles. The van der Waals surface area contributed by atoms with Gasteiger partial charge in [0.05, 0.1) is 13.7 Å². The maximum atomic E-state index is 12.4. The van der Waals surface area contributed by atoms with Crippen LogP contribution in [0.1, 0.15) is 59.4 Å². The van der Waals surface area contributed by atoms with Crippen molar-refractivity contribution in [3.8, 4) is 11.5 Å². The molecule has 2 rings (SSSR count). The molecule has 1 aliphatic rings. The molecule has 0 aliphatic carbocycles. The van der Waals surface area contributed by atoms with Crippen LogP contribution < -0.4 is 9.47 Å². The van der Waals surface area contributed by atoms with Gasteiger partial charge in [-0.1, -0.05) is 19.9 Å². The van der Waals surface area contributed by atoms with Crippen molar-refractivity contribution in [2.75, 3.05) is 40.5 Å². The van der Waals surface area contributed by atoms with Gasteiger partial charge >= 0.3 is 6.09 Å². The number of ether oxygens (including phenoxy) is 4. The zero-order valence-corrected chi connectivity index (χ0v) is 21.1. The van der Waals surface area contributed by atoms with E-state index in [4.69, 9.17) is 18.9 Å². The number of carbonyl (C=O) groups is 1. The van der Waals surface area contributed by atoms with Crippen molar-refractivity contribution in [3.05, 3.63) is 23.8 Å². The molecule has 1 unspecified atom stereocenters. The highest BCUT2D eigenvalue weighted by Gasteiger charge is 2.31. The molecule has 0 bridgehead atoms. The van der Waals surface area contributed by atoms with Gasteiger partial charge in [-0.2, -0.15) is 0 Å². The summed E-state index contributed by atoms with van der Waals surface area (Å²) in [5.41, 5.74) is 0.807. The van der Waals surface area contributed by atoms with Crippen LogP contribution in [0.5, 0.6) is 11.5 Å². The van der Waals surface area contributed by atoms with Crippen molar-refractivity contribution in [2.45, 2.75) is 65.9 Å². The third-order valence-corrected chi connectivity index (χ3v) is 5.99. The maximum Gasteiger partial charge on any atom is 0.410 e. The van der Waals surface area contributed by atoms with Gasteiger partial charge in [-0.25, -0.2) is 4.79 Å². The smallest absolute Gasteiger partial charge is 0.410 e. The van der Waals surface area contributed by atoms with Gasteiger partial charge in [-0.15, -0.1) is 0 Å². The lowest BCUT2D eigenvalue weighted by Gasteiger charge is -2.26. The highest BCUT2D eigenvalue weighted by atomic mass is 16.6. The van der Waals surface area contributed by atoms with Crippen LogP contribution >= 0.6 is 0 Å². The minimum Gasteiger partial charge on any atom is -0.493 e. The molecule has 0 saturated carbocycles. The molecule has 1 aliphatic heterocycles. The summed E-state index contributed by atoms with van der Waals surface area (Å²) in [6, 6.07) is 6.25. The zero-order chi connectivity index (χ0) is 23.7. The number of hydrogen-bond donors (Lipinski definition) is 0. The van der Waals surface area contributed by atoms with Gasteiger partial charge < -0.3 is 23.8 Å². The topological polar surface area (TPSA) is 57.2 Å². The van der Waals surface area contributed by atoms with Crippen molar-refractivity contribution in [3.63, 3.8) is 0 Å². The first kappa shape index (κ1) is 26.3. The van der Waals surface area contributed by atoms with Crippen LogP contribution in [0.15, 0.2) is 18.2 Å². The van der Waals surface area contributed by atoms with E-state index in [0.29, 0.717) is 31.0 Å². The summed E-state index contributed by atoms with van der Waals surface area (Å²) < 4.78 is 22.1. The van der Waals surface area contributed by atoms with E-state index in [9.17, 15) is 4.79 Å². The van der Waals surface area contributed by atoms with Crippen LogP contribution in [0.4, 0.5) is 4.79 Å². The fourth-order valence-electron chi connectivity index (χ4n) is 4.19. The van der Waals surface area contributed by atoms with Crippen molar-refractivity contribution >= 4 is 6.09 Å². The summed E-state index contributed by atoms with van der Waals surface area (Å²) in [6.07, 6.45) is 3.78. The lowest BCUT2D eigenvalue weighted by molar-refractivity contribution is 0.0286. The molecule has 1 aromatic carbocycles. The van der Waals surface area contributed by atoms with Crippen molar-refractivity contribution < 1.29 is 23.7 Å². The number of benzene rings is 1. The Balaban J connectivity index is 1.98. The number of likely N-dealkylation sites (tertiary alicyclic amines) is 1. The first-order valence-electron chi connectivity index (χ1n) is 11.9. The van der Waals surface area contributed by atoms with Crippen LogP contribution in [0.2, 0.25) is 0 Å². The summed E-state index contributed by atoms with van der Waals surface area (Å²) in [5.74, 6) is 3.15. The lowest BCUT2D eigenvalue weighted by atomic mass is 9.82. The van der Waals surface area contributed by atoms with Gasteiger partial charge in [0.1, 0.15) is 5.60 Å². The number of carbonyl (C=O) groups excluding carboxylic acids is 1. The standard InChI is InChI=1S/C26H43NO5/c1-19(2)22(16-21-11-12-27(18-21)25(28)32-26(3,4)5)15-20-9-10-23(30-7)24(17-20)31-14-8-13-29-6/h9-10,17,19,21-22H,8,11-16,18H2,1-7H3/t21?,22-/m0/s1. The van der Waals surface area contributed by atoms with Gasteiger partial charge in [0.2, 0.25) is 0 Å². The summed E-state index contributed by atoms with van der Waals surface area (Å²) >= 11 is 0. The monoisotopic (exact) mass is 449 g/mol. The third kappa shape index (κ3) is 8.53. The van der Waals surface area contributed by atoms with Gasteiger partial charge in [-0.3, -0.25) is 0 Å². The lowest BCUT2D eigenvalue weighted by Crippen LogP contribution is -2.35. The molecule has 1 heterocycles. The first-order chi connectivity index (χ1) is 15.1. The minimum atomic E-state index is -0.451. The van der Waals surface area contributed by atoms with Crippen LogP contribution in [0.25, 0.3) is 0 Å². The largest absolute Gasteiger partial charge is 0.493 e. The SMILES string of the molecule is COCCCOc1cc(C[C@@H](CC2CCN(C(=O)OC(C)(C)C)C2)C(C)C)ccc1OC. The van der Waals surface area contributed by atoms with E-state index < -0.39 is 5.60 Å². The average Bonchev–Trinajstić information content (AvgIpc) is 3.18. The Labute approximate surface area is 194 Å². The quantitative estimate of drug-likeness (QED) is 0.413. The number of rotatable bonds is 11. The second kappa shape index (κ2) is 12.3. The second-order valence-corrected chi connectivity index (χ2v) is 10.2. The molecule has 32 heavy (non-hydrogen) atoms. The highest BCUT2D eigenvalue weighted by molar-refractivity contribution is 5.68. The van der Waals surface area contributed by atoms with E-state index in [0.717, 1.165) is 50.3 Å². The fourth-order valence-corrected chi connectivity index (χ4v) is 4.19. The molecule has 6 heteroatoms. The molecule has 0 aromatic heterocycles. The van der Waals surface area contributed by atoms with Crippen molar-refractivity contribution in [2.24, 2.45) is 17.8 Å². The third-order valence-electron chi connectivity index (χ3n) is 5.99. The van der Waals surface area contributed by atoms with Gasteiger partial charge in [0.25, 0.3) is 0 Å². The van der Waals surface area contributed by atoms with E-state index in [2.05, 4.69) is 26.0 Å². The Hall–Kier alpha value is -1.95. The molecule has 6 nitrogen and oxygen atoms in total. The van der Waals surface area contributed by atoms with E-state index in [1.807, 2.05) is 31.7 Å². The molecule has 1 aromatic rings. The van der Waals surface area contributed by atoms with Gasteiger partial charge in [0.15, 0.2) is 11.5 Å². The summed E-state index contributed by atoms with van der Waals surface area (Å²) in [7, 11) is 3.37. The van der Waals surface area contributed by atoms with Crippen LogP contribution in [-0.2, 0) is 15.9 Å². The molecule has 2 atom stereocenters. The predicted molar refractivity (Wildman–Crippen MR) is 128 cm³/mol. The van der Waals surface area contributed by atoms with E-state index in [-0.39, 0.29) is 6.09 Å². The second-order valence-electron chi connectivity index (χ2n) is 10.2. The molecular weight excluding hydrogens is 406 g/mol. The first-order valence-corrected chi connectivity index (χ1v) is 11.9. The summed E-state index contributed by atoms with van der Waals surface area (Å²) in [5, 5.41) is 0. The molecule has 1 fully saturated rings. The molecule has 182 valence electrons. The molecular formula is C26H43NO5. The Morgan fingerprint density at radius 3 is 2.53 bits per heavy atom. The highest BCUT2D eigenvalue weighted by Crippen LogP contribution is 2.33. The minimum absolute atomic E-state index is 0.188. The molecule has 0 spiro atoms. The summed E-state index contributed by atoms with van der Waals surface area (Å²) in [6.45, 7) is 13.2. The number of hydrogen-bond acceptors (Lipinski definition) is 5. The normalized spacial score (nSPS) is 17.5. The molecule has 0 radical (unpaired) electrons. The Morgan fingerprint density at radius 1 is 1.16 bits per heavy atom. The number of methoxy groups -OCH3 is 2. The van der Waals surface area contributed by atoms with Gasteiger partial charge in [-0.05, 0) is 75.5 Å². The van der Waals surface area contributed by atoms with Gasteiger partial charge in [0, 0.05) is 33.2 Å². The van der Waals surface area contributed by atoms with E-state index >= 15 is 0 Å². The van der Waals surface area contributed by atoms with Crippen LogP contribution in [0.3, 0.4) is 0 Å². The maximum absolute atomic E-state index is 12.4. The Bertz CT molecular complexity index is 713. The molecule has 1 amide bonds. The van der Waals surface area contributed by atoms with E-state index in [1.165, 1.54) is 5.56 Å². The summed E-state index contributed by atoms with van der Waals surface area (Å²) in [4.78, 5) is 14.3. The number of nitrogens with zero attached hydrogens (tertiary/aromatic N) is 1. The number of amides is 1. The Morgan fingerprint density at radius 2 is 1.91 bits per heavy atom. The Kier molecular flexibility index (Phi) is 10.1. The van der Waals surface area contributed by atoms with Crippen molar-refractivity contribution in [1.29, 1.82) is 0 Å². The predicted octanol–water partition coefficient (Wildman–Crippen LogP) is 5.57. The van der Waals surface area contributed by atoms with Crippen LogP contribution in [-0.4, -0.2) is 57.1 Å².